The van der Waals surface area contributed by atoms with Gasteiger partial charge in [-0.2, -0.15) is 5.26 Å². The molecule has 2 aromatic carbocycles. The standard InChI is InChI=1S/C15H10BrCl3N2/c1-15(8-20,11-4-2-9(17)6-14(11)19)21-10-3-5-13(18)12(16)7-10/h2-7,21H,1H3. The summed E-state index contributed by atoms with van der Waals surface area (Å²) in [6, 6.07) is 12.7. The largest absolute Gasteiger partial charge is 0.364 e. The Morgan fingerprint density at radius 3 is 2.38 bits per heavy atom. The molecule has 108 valence electrons. The molecule has 1 N–H and O–H groups in total. The lowest BCUT2D eigenvalue weighted by molar-refractivity contribution is 0.707. The van der Waals surface area contributed by atoms with Crippen LogP contribution in [0.4, 0.5) is 5.69 Å². The minimum Gasteiger partial charge on any atom is -0.364 e. The summed E-state index contributed by atoms with van der Waals surface area (Å²) in [5.74, 6) is 0. The van der Waals surface area contributed by atoms with E-state index >= 15 is 0 Å². The molecule has 6 heteroatoms. The molecule has 0 aliphatic rings. The molecular formula is C15H10BrCl3N2. The highest BCUT2D eigenvalue weighted by atomic mass is 79.9. The molecule has 0 fully saturated rings. The first-order valence-electron chi connectivity index (χ1n) is 5.96. The predicted octanol–water partition coefficient (Wildman–Crippen LogP) is 6.26. The molecule has 2 nitrogen and oxygen atoms in total. The van der Waals surface area contributed by atoms with Crippen molar-refractivity contribution in [2.24, 2.45) is 0 Å². The molecule has 2 rings (SSSR count). The van der Waals surface area contributed by atoms with E-state index in [4.69, 9.17) is 34.8 Å². The van der Waals surface area contributed by atoms with Gasteiger partial charge < -0.3 is 5.32 Å². The second-order valence-electron chi connectivity index (χ2n) is 4.61. The van der Waals surface area contributed by atoms with Crippen LogP contribution in [0.15, 0.2) is 40.9 Å². The zero-order valence-electron chi connectivity index (χ0n) is 10.9. The number of rotatable bonds is 3. The molecule has 21 heavy (non-hydrogen) atoms. The molecule has 0 heterocycles. The van der Waals surface area contributed by atoms with Crippen LogP contribution in [0.3, 0.4) is 0 Å². The molecule has 0 amide bonds. The van der Waals surface area contributed by atoms with E-state index in [1.165, 1.54) is 0 Å². The summed E-state index contributed by atoms with van der Waals surface area (Å²) >= 11 is 21.4. The second-order valence-corrected chi connectivity index (χ2v) is 6.72. The third-order valence-corrected chi connectivity index (χ3v) is 4.77. The average Bonchev–Trinajstić information content (AvgIpc) is 2.42. The molecule has 0 aromatic heterocycles. The third-order valence-electron chi connectivity index (χ3n) is 3.01. The van der Waals surface area contributed by atoms with Crippen LogP contribution in [0.5, 0.6) is 0 Å². The molecule has 1 atom stereocenters. The molecule has 0 aliphatic carbocycles. The van der Waals surface area contributed by atoms with Crippen molar-refractivity contribution in [2.45, 2.75) is 12.5 Å². The first-order valence-corrected chi connectivity index (χ1v) is 7.88. The van der Waals surface area contributed by atoms with Gasteiger partial charge in [0.25, 0.3) is 0 Å². The summed E-state index contributed by atoms with van der Waals surface area (Å²) < 4.78 is 0.747. The number of benzene rings is 2. The third kappa shape index (κ3) is 3.64. The van der Waals surface area contributed by atoms with Crippen molar-refractivity contribution in [2.75, 3.05) is 5.32 Å². The zero-order chi connectivity index (χ0) is 15.6. The van der Waals surface area contributed by atoms with Gasteiger partial charge in [-0.1, -0.05) is 40.9 Å². The lowest BCUT2D eigenvalue weighted by atomic mass is 9.93. The number of nitriles is 1. The number of nitrogens with zero attached hydrogens (tertiary/aromatic N) is 1. The molecule has 1 unspecified atom stereocenters. The van der Waals surface area contributed by atoms with Crippen LogP contribution >= 0.6 is 50.7 Å². The van der Waals surface area contributed by atoms with Crippen LogP contribution in [0.1, 0.15) is 12.5 Å². The fraction of sp³-hybridized carbons (Fsp3) is 0.133. The highest BCUT2D eigenvalue weighted by Crippen LogP contribution is 2.34. The van der Waals surface area contributed by atoms with E-state index in [0.29, 0.717) is 20.6 Å². The number of anilines is 1. The van der Waals surface area contributed by atoms with Crippen LogP contribution in [-0.4, -0.2) is 0 Å². The minimum absolute atomic E-state index is 0.437. The first-order chi connectivity index (χ1) is 9.85. The van der Waals surface area contributed by atoms with E-state index in [2.05, 4.69) is 27.3 Å². The van der Waals surface area contributed by atoms with Gasteiger partial charge in [-0.25, -0.2) is 0 Å². The Balaban J connectivity index is 2.41. The van der Waals surface area contributed by atoms with E-state index < -0.39 is 5.54 Å². The maximum atomic E-state index is 9.58. The lowest BCUT2D eigenvalue weighted by Crippen LogP contribution is -2.30. The normalized spacial score (nSPS) is 13.3. The summed E-state index contributed by atoms with van der Waals surface area (Å²) in [6.07, 6.45) is 0. The van der Waals surface area contributed by atoms with Gasteiger partial charge in [-0.3, -0.25) is 0 Å². The first kappa shape index (κ1) is 16.5. The van der Waals surface area contributed by atoms with Crippen LogP contribution in [-0.2, 0) is 5.54 Å². The van der Waals surface area contributed by atoms with Crippen molar-refractivity contribution in [1.29, 1.82) is 5.26 Å². The van der Waals surface area contributed by atoms with E-state index in [9.17, 15) is 5.26 Å². The van der Waals surface area contributed by atoms with Crippen molar-refractivity contribution in [3.8, 4) is 6.07 Å². The second kappa shape index (κ2) is 6.46. The molecule has 2 aromatic rings. The van der Waals surface area contributed by atoms with Crippen molar-refractivity contribution in [3.63, 3.8) is 0 Å². The van der Waals surface area contributed by atoms with E-state index in [1.54, 1.807) is 37.3 Å². The number of nitrogens with one attached hydrogen (secondary N) is 1. The Morgan fingerprint density at radius 1 is 1.10 bits per heavy atom. The van der Waals surface area contributed by atoms with Gasteiger partial charge in [0.2, 0.25) is 0 Å². The Labute approximate surface area is 146 Å². The number of halogens is 4. The van der Waals surface area contributed by atoms with Crippen molar-refractivity contribution in [1.82, 2.24) is 0 Å². The Morgan fingerprint density at radius 2 is 1.81 bits per heavy atom. The maximum absolute atomic E-state index is 9.58. The summed E-state index contributed by atoms with van der Waals surface area (Å²) in [6.45, 7) is 1.75. The van der Waals surface area contributed by atoms with Gasteiger partial charge in [0.15, 0.2) is 0 Å². The molecular weight excluding hydrogens is 394 g/mol. The summed E-state index contributed by atoms with van der Waals surface area (Å²) in [4.78, 5) is 0. The van der Waals surface area contributed by atoms with E-state index in [0.717, 1.165) is 10.2 Å². The van der Waals surface area contributed by atoms with Gasteiger partial charge in [-0.05, 0) is 53.2 Å². The topological polar surface area (TPSA) is 35.8 Å². The smallest absolute Gasteiger partial charge is 0.149 e. The molecule has 0 saturated carbocycles. The number of hydrogen-bond donors (Lipinski definition) is 1. The molecule has 0 aliphatic heterocycles. The molecule has 0 bridgehead atoms. The van der Waals surface area contributed by atoms with E-state index in [-0.39, 0.29) is 0 Å². The van der Waals surface area contributed by atoms with Gasteiger partial charge >= 0.3 is 0 Å². The Bertz CT molecular complexity index is 727. The summed E-state index contributed by atoms with van der Waals surface area (Å²) in [5, 5.41) is 14.3. The monoisotopic (exact) mass is 402 g/mol. The van der Waals surface area contributed by atoms with Crippen molar-refractivity contribution >= 4 is 56.4 Å². The quantitative estimate of drug-likeness (QED) is 0.655. The van der Waals surface area contributed by atoms with E-state index in [1.807, 2.05) is 6.07 Å². The molecule has 0 spiro atoms. The van der Waals surface area contributed by atoms with Gasteiger partial charge in [-0.15, -0.1) is 0 Å². The van der Waals surface area contributed by atoms with Crippen LogP contribution in [0.25, 0.3) is 0 Å². The number of hydrogen-bond acceptors (Lipinski definition) is 2. The van der Waals surface area contributed by atoms with Gasteiger partial charge in [0.05, 0.1) is 11.1 Å². The molecule has 0 radical (unpaired) electrons. The van der Waals surface area contributed by atoms with Crippen LogP contribution < -0.4 is 5.32 Å². The lowest BCUT2D eigenvalue weighted by Gasteiger charge is -2.26. The van der Waals surface area contributed by atoms with Crippen LogP contribution in [0.2, 0.25) is 15.1 Å². The van der Waals surface area contributed by atoms with Crippen LogP contribution in [0, 0.1) is 11.3 Å². The van der Waals surface area contributed by atoms with Gasteiger partial charge in [0, 0.05) is 25.8 Å². The van der Waals surface area contributed by atoms with Crippen molar-refractivity contribution < 1.29 is 0 Å². The minimum atomic E-state index is -0.991. The highest BCUT2D eigenvalue weighted by molar-refractivity contribution is 9.10. The summed E-state index contributed by atoms with van der Waals surface area (Å²) in [5.41, 5.74) is 0.415. The average molecular weight is 405 g/mol. The fourth-order valence-corrected chi connectivity index (χ4v) is 3.01. The zero-order valence-corrected chi connectivity index (χ0v) is 14.8. The van der Waals surface area contributed by atoms with Gasteiger partial charge in [0.1, 0.15) is 5.54 Å². The summed E-state index contributed by atoms with van der Waals surface area (Å²) in [7, 11) is 0. The molecule has 0 saturated heterocycles. The Kier molecular flexibility index (Phi) is 5.06. The highest BCUT2D eigenvalue weighted by Gasteiger charge is 2.29. The van der Waals surface area contributed by atoms with Crippen molar-refractivity contribution in [3.05, 3.63) is 61.5 Å². The predicted molar refractivity (Wildman–Crippen MR) is 92.2 cm³/mol. The fourth-order valence-electron chi connectivity index (χ4n) is 1.91. The SMILES string of the molecule is CC(C#N)(Nc1ccc(Cl)c(Br)c1)c1ccc(Cl)cc1Cl. The maximum Gasteiger partial charge on any atom is 0.149 e. The Hall–Kier alpha value is -0.920.